The summed E-state index contributed by atoms with van der Waals surface area (Å²) in [6.07, 6.45) is 1.87. The zero-order valence-electron chi connectivity index (χ0n) is 11.9. The summed E-state index contributed by atoms with van der Waals surface area (Å²) in [5.74, 6) is 0.00873. The number of aliphatic hydroxyl groups is 1. The fraction of sp³-hybridized carbons (Fsp3) is 0.500. The minimum absolute atomic E-state index is 0.177. The fourth-order valence-corrected chi connectivity index (χ4v) is 3.07. The lowest BCUT2D eigenvalue weighted by molar-refractivity contribution is -0.134. The van der Waals surface area contributed by atoms with Crippen molar-refractivity contribution in [1.82, 2.24) is 5.32 Å². The van der Waals surface area contributed by atoms with E-state index >= 15 is 0 Å². The van der Waals surface area contributed by atoms with Crippen molar-refractivity contribution in [3.63, 3.8) is 0 Å². The first-order valence-electron chi connectivity index (χ1n) is 7.47. The van der Waals surface area contributed by atoms with E-state index in [9.17, 15) is 9.59 Å². The van der Waals surface area contributed by atoms with Crippen LogP contribution in [0.3, 0.4) is 0 Å². The summed E-state index contributed by atoms with van der Waals surface area (Å²) in [6.45, 7) is 2.23. The van der Waals surface area contributed by atoms with Crippen molar-refractivity contribution in [3.8, 4) is 0 Å². The first-order chi connectivity index (χ1) is 10.2. The summed E-state index contributed by atoms with van der Waals surface area (Å²) in [6, 6.07) is 8.03. The molecule has 5 nitrogen and oxygen atoms in total. The van der Waals surface area contributed by atoms with Gasteiger partial charge in [0.1, 0.15) is 0 Å². The van der Waals surface area contributed by atoms with E-state index in [4.69, 9.17) is 5.11 Å². The summed E-state index contributed by atoms with van der Waals surface area (Å²) in [7, 11) is 0. The van der Waals surface area contributed by atoms with Crippen LogP contribution in [-0.4, -0.2) is 36.6 Å². The monoisotopic (exact) mass is 288 g/mol. The molecule has 1 unspecified atom stereocenters. The largest absolute Gasteiger partial charge is 0.396 e. The molecule has 1 aromatic rings. The second-order valence-corrected chi connectivity index (χ2v) is 5.88. The number of amides is 2. The summed E-state index contributed by atoms with van der Waals surface area (Å²) < 4.78 is 0. The number of aliphatic hydroxyl groups excluding tert-OH is 1. The van der Waals surface area contributed by atoms with Gasteiger partial charge in [-0.3, -0.25) is 14.9 Å². The molecule has 5 heteroatoms. The smallest absolute Gasteiger partial charge is 0.234 e. The van der Waals surface area contributed by atoms with E-state index in [0.717, 1.165) is 30.8 Å². The molecule has 0 radical (unpaired) electrons. The number of hydrogen-bond acceptors (Lipinski definition) is 4. The Balaban J connectivity index is 1.62. The molecule has 2 amide bonds. The molecule has 2 aliphatic heterocycles. The van der Waals surface area contributed by atoms with Gasteiger partial charge in [0.15, 0.2) is 0 Å². The van der Waals surface area contributed by atoms with E-state index in [2.05, 4.69) is 10.2 Å². The van der Waals surface area contributed by atoms with Crippen LogP contribution < -0.4 is 10.2 Å². The van der Waals surface area contributed by atoms with E-state index in [1.54, 1.807) is 0 Å². The average molecular weight is 288 g/mol. The topological polar surface area (TPSA) is 69.6 Å². The third-order valence-corrected chi connectivity index (χ3v) is 4.39. The fourth-order valence-electron chi connectivity index (χ4n) is 3.07. The number of nitrogens with zero attached hydrogens (tertiary/aromatic N) is 1. The molecule has 0 aliphatic carbocycles. The third kappa shape index (κ3) is 2.93. The minimum Gasteiger partial charge on any atom is -0.396 e. The van der Waals surface area contributed by atoms with Crippen LogP contribution in [0.15, 0.2) is 24.3 Å². The molecule has 21 heavy (non-hydrogen) atoms. The maximum atomic E-state index is 11.8. The van der Waals surface area contributed by atoms with Gasteiger partial charge in [-0.1, -0.05) is 12.1 Å². The molecule has 1 atom stereocenters. The van der Waals surface area contributed by atoms with Crippen LogP contribution in [0.5, 0.6) is 0 Å². The quantitative estimate of drug-likeness (QED) is 0.812. The van der Waals surface area contributed by atoms with Gasteiger partial charge in [0, 0.05) is 31.8 Å². The number of nitrogens with one attached hydrogen (secondary N) is 1. The number of rotatable bonds is 4. The summed E-state index contributed by atoms with van der Waals surface area (Å²) in [5.41, 5.74) is 2.12. The van der Waals surface area contributed by atoms with Gasteiger partial charge in [0.05, 0.1) is 5.92 Å². The van der Waals surface area contributed by atoms with Gasteiger partial charge in [-0.25, -0.2) is 0 Å². The Kier molecular flexibility index (Phi) is 3.92. The Labute approximate surface area is 123 Å². The van der Waals surface area contributed by atoms with E-state index in [1.165, 1.54) is 0 Å². The zero-order valence-corrected chi connectivity index (χ0v) is 11.9. The van der Waals surface area contributed by atoms with Gasteiger partial charge >= 0.3 is 0 Å². The Bertz CT molecular complexity index is 535. The molecule has 2 saturated heterocycles. The molecule has 112 valence electrons. The van der Waals surface area contributed by atoms with Crippen LogP contribution in [0.1, 0.15) is 30.7 Å². The molecule has 0 spiro atoms. The van der Waals surface area contributed by atoms with Crippen molar-refractivity contribution < 1.29 is 14.7 Å². The van der Waals surface area contributed by atoms with Gasteiger partial charge in [-0.2, -0.15) is 0 Å². The molecule has 2 fully saturated rings. The van der Waals surface area contributed by atoms with Gasteiger partial charge < -0.3 is 10.0 Å². The lowest BCUT2D eigenvalue weighted by atomic mass is 9.90. The molecule has 3 rings (SSSR count). The number of piperidine rings is 1. The number of anilines is 1. The minimum atomic E-state index is -0.213. The van der Waals surface area contributed by atoms with Crippen LogP contribution in [0, 0.1) is 5.92 Å². The van der Waals surface area contributed by atoms with E-state index in [-0.39, 0.29) is 24.3 Å². The lowest BCUT2D eigenvalue weighted by Crippen LogP contribution is -2.47. The SMILES string of the molecule is O=C1CCC(c2ccc(N3CC(CCO)C3)cc2)C(=O)N1. The highest BCUT2D eigenvalue weighted by molar-refractivity contribution is 6.00. The Morgan fingerprint density at radius 2 is 1.90 bits per heavy atom. The third-order valence-electron chi connectivity index (χ3n) is 4.39. The second-order valence-electron chi connectivity index (χ2n) is 5.88. The van der Waals surface area contributed by atoms with Crippen molar-refractivity contribution in [1.29, 1.82) is 0 Å². The lowest BCUT2D eigenvalue weighted by Gasteiger charge is -2.41. The van der Waals surface area contributed by atoms with Crippen LogP contribution in [0.4, 0.5) is 5.69 Å². The van der Waals surface area contributed by atoms with Crippen LogP contribution in [0.2, 0.25) is 0 Å². The standard InChI is InChI=1S/C16H20N2O3/c19-8-7-11-9-18(10-11)13-3-1-12(2-4-13)14-5-6-15(20)17-16(14)21/h1-4,11,14,19H,5-10H2,(H,17,20,21). The maximum Gasteiger partial charge on any atom is 0.234 e. The Morgan fingerprint density at radius 1 is 1.19 bits per heavy atom. The second kappa shape index (κ2) is 5.85. The highest BCUT2D eigenvalue weighted by atomic mass is 16.3. The molecule has 1 aromatic carbocycles. The van der Waals surface area contributed by atoms with E-state index in [0.29, 0.717) is 18.8 Å². The first-order valence-corrected chi connectivity index (χ1v) is 7.47. The highest BCUT2D eigenvalue weighted by Gasteiger charge is 2.29. The molecule has 0 aromatic heterocycles. The van der Waals surface area contributed by atoms with Crippen molar-refractivity contribution in [2.45, 2.75) is 25.2 Å². The summed E-state index contributed by atoms with van der Waals surface area (Å²) in [4.78, 5) is 25.3. The molecule has 2 aliphatic rings. The molecule has 2 heterocycles. The molecule has 2 N–H and O–H groups in total. The highest BCUT2D eigenvalue weighted by Crippen LogP contribution is 2.30. The Hall–Kier alpha value is -1.88. The maximum absolute atomic E-state index is 11.8. The summed E-state index contributed by atoms with van der Waals surface area (Å²) in [5, 5.41) is 11.3. The normalized spacial score (nSPS) is 22.9. The van der Waals surface area contributed by atoms with Crippen LogP contribution >= 0.6 is 0 Å². The molecule has 0 saturated carbocycles. The number of carbonyl (C=O) groups is 2. The Morgan fingerprint density at radius 3 is 2.52 bits per heavy atom. The van der Waals surface area contributed by atoms with Gasteiger partial charge in [0.2, 0.25) is 11.8 Å². The number of carbonyl (C=O) groups excluding carboxylic acids is 2. The number of hydrogen-bond donors (Lipinski definition) is 2. The number of imide groups is 1. The van der Waals surface area contributed by atoms with Gasteiger partial charge in [0.25, 0.3) is 0 Å². The molecular formula is C16H20N2O3. The molecule has 0 bridgehead atoms. The van der Waals surface area contributed by atoms with Crippen molar-refractivity contribution in [2.75, 3.05) is 24.6 Å². The predicted molar refractivity (Wildman–Crippen MR) is 79.0 cm³/mol. The van der Waals surface area contributed by atoms with Crippen LogP contribution in [-0.2, 0) is 9.59 Å². The van der Waals surface area contributed by atoms with Crippen molar-refractivity contribution in [3.05, 3.63) is 29.8 Å². The molecular weight excluding hydrogens is 268 g/mol. The van der Waals surface area contributed by atoms with E-state index in [1.807, 2.05) is 24.3 Å². The van der Waals surface area contributed by atoms with Crippen molar-refractivity contribution in [2.24, 2.45) is 5.92 Å². The van der Waals surface area contributed by atoms with Gasteiger partial charge in [-0.15, -0.1) is 0 Å². The van der Waals surface area contributed by atoms with E-state index < -0.39 is 0 Å². The van der Waals surface area contributed by atoms with Gasteiger partial charge in [-0.05, 0) is 36.5 Å². The summed E-state index contributed by atoms with van der Waals surface area (Å²) >= 11 is 0. The van der Waals surface area contributed by atoms with Crippen LogP contribution in [0.25, 0.3) is 0 Å². The number of benzene rings is 1. The van der Waals surface area contributed by atoms with Crippen molar-refractivity contribution >= 4 is 17.5 Å². The predicted octanol–water partition coefficient (Wildman–Crippen LogP) is 1.03. The average Bonchev–Trinajstić information content (AvgIpc) is 2.43. The first kappa shape index (κ1) is 14.1. The zero-order chi connectivity index (χ0) is 14.8.